The van der Waals surface area contributed by atoms with E-state index in [9.17, 15) is 9.18 Å². The van der Waals surface area contributed by atoms with Crippen LogP contribution in [-0.4, -0.2) is 20.4 Å². The Morgan fingerprint density at radius 1 is 1.00 bits per heavy atom. The highest BCUT2D eigenvalue weighted by molar-refractivity contribution is 9.10. The summed E-state index contributed by atoms with van der Waals surface area (Å²) in [6.07, 6.45) is 7.31. The first-order chi connectivity index (χ1) is 20.4. The minimum Gasteiger partial charge on any atom is -0.489 e. The van der Waals surface area contributed by atoms with Crippen molar-refractivity contribution in [2.75, 3.05) is 0 Å². The predicted octanol–water partition coefficient (Wildman–Crippen LogP) is 8.21. The number of ether oxygens (including phenoxy) is 1. The Balaban J connectivity index is 1.29. The fourth-order valence-corrected chi connectivity index (χ4v) is 6.14. The Hall–Kier alpha value is -4.04. The summed E-state index contributed by atoms with van der Waals surface area (Å²) in [5, 5.41) is 5.31. The van der Waals surface area contributed by atoms with Gasteiger partial charge in [0.1, 0.15) is 24.0 Å². The maximum absolute atomic E-state index is 13.7. The number of rotatable bonds is 7. The number of benzene rings is 3. The normalized spacial score (nSPS) is 14.2. The lowest BCUT2D eigenvalue weighted by Gasteiger charge is -2.22. The molecule has 0 N–H and O–H groups in total. The van der Waals surface area contributed by atoms with E-state index in [1.165, 1.54) is 23.2 Å². The van der Waals surface area contributed by atoms with Gasteiger partial charge >= 0.3 is 0 Å². The summed E-state index contributed by atoms with van der Waals surface area (Å²) in [6.45, 7) is 4.47. The average Bonchev–Trinajstić information content (AvgIpc) is 3.29. The average molecular weight is 628 g/mol. The minimum atomic E-state index is -0.260. The molecule has 0 unspecified atom stereocenters. The van der Waals surface area contributed by atoms with Gasteiger partial charge in [0.05, 0.1) is 17.1 Å². The minimum absolute atomic E-state index is 0.150. The molecule has 0 spiro atoms. The van der Waals surface area contributed by atoms with Crippen molar-refractivity contribution in [2.45, 2.75) is 58.5 Å². The number of nitrogens with zero attached hydrogens (tertiary/aromatic N) is 4. The largest absolute Gasteiger partial charge is 0.489 e. The second-order valence-electron chi connectivity index (χ2n) is 10.9. The summed E-state index contributed by atoms with van der Waals surface area (Å²) >= 11 is 3.49. The fraction of sp³-hybridized carbons (Fsp3) is 0.265. The quantitative estimate of drug-likeness (QED) is 0.171. The van der Waals surface area contributed by atoms with Crippen LogP contribution in [0.15, 0.2) is 87.2 Å². The zero-order valence-electron chi connectivity index (χ0n) is 23.7. The standard InChI is InChI=1S/C34H32BrFN4O2/c1-22-18-26(23(2)39(22)29-13-15-30(16-14-29)42-21-24-8-11-28(36)12-9-24)20-37-40-33(25-6-4-3-5-7-25)38-32-17-10-27(35)19-31(32)34(40)41/h8-20,25H,3-7,21H2,1-2H3. The highest BCUT2D eigenvalue weighted by Gasteiger charge is 2.22. The fourth-order valence-electron chi connectivity index (χ4n) is 5.78. The highest BCUT2D eigenvalue weighted by Crippen LogP contribution is 2.32. The van der Waals surface area contributed by atoms with Gasteiger partial charge in [0.15, 0.2) is 0 Å². The highest BCUT2D eigenvalue weighted by atomic mass is 79.9. The molecule has 1 saturated carbocycles. The van der Waals surface area contributed by atoms with Crippen LogP contribution in [0.25, 0.3) is 16.6 Å². The number of halogens is 2. The summed E-state index contributed by atoms with van der Waals surface area (Å²) < 4.78 is 23.6. The van der Waals surface area contributed by atoms with E-state index >= 15 is 0 Å². The number of aromatic nitrogens is 3. The van der Waals surface area contributed by atoms with Crippen LogP contribution in [0, 0.1) is 19.7 Å². The number of aryl methyl sites for hydroxylation is 1. The van der Waals surface area contributed by atoms with Crippen LogP contribution in [0.2, 0.25) is 0 Å². The van der Waals surface area contributed by atoms with Gasteiger partial charge in [0.2, 0.25) is 0 Å². The van der Waals surface area contributed by atoms with Gasteiger partial charge in [-0.15, -0.1) is 0 Å². The predicted molar refractivity (Wildman–Crippen MR) is 168 cm³/mol. The first kappa shape index (κ1) is 28.1. The molecule has 1 fully saturated rings. The Bertz CT molecular complexity index is 1820. The maximum Gasteiger partial charge on any atom is 0.282 e. The van der Waals surface area contributed by atoms with Gasteiger partial charge in [-0.05, 0) is 92.9 Å². The van der Waals surface area contributed by atoms with Gasteiger partial charge in [-0.25, -0.2) is 9.37 Å². The van der Waals surface area contributed by atoms with Crippen LogP contribution >= 0.6 is 15.9 Å². The van der Waals surface area contributed by atoms with Crippen molar-refractivity contribution in [3.8, 4) is 11.4 Å². The lowest BCUT2D eigenvalue weighted by molar-refractivity contribution is 0.306. The van der Waals surface area contributed by atoms with E-state index in [-0.39, 0.29) is 17.3 Å². The molecule has 6 rings (SSSR count). The molecule has 5 aromatic rings. The van der Waals surface area contributed by atoms with Crippen LogP contribution in [0.5, 0.6) is 5.75 Å². The molecule has 0 atom stereocenters. The van der Waals surface area contributed by atoms with Gasteiger partial charge in [0.25, 0.3) is 5.56 Å². The van der Waals surface area contributed by atoms with Gasteiger partial charge < -0.3 is 9.30 Å². The van der Waals surface area contributed by atoms with Crippen LogP contribution < -0.4 is 10.3 Å². The molecule has 0 saturated heterocycles. The first-order valence-electron chi connectivity index (χ1n) is 14.3. The molecule has 0 bridgehead atoms. The summed E-state index contributed by atoms with van der Waals surface area (Å²) in [4.78, 5) is 18.6. The molecule has 42 heavy (non-hydrogen) atoms. The summed E-state index contributed by atoms with van der Waals surface area (Å²) in [5.41, 5.74) is 5.45. The molecule has 6 nitrogen and oxygen atoms in total. The van der Waals surface area contributed by atoms with Crippen molar-refractivity contribution in [3.63, 3.8) is 0 Å². The topological polar surface area (TPSA) is 61.4 Å². The van der Waals surface area contributed by atoms with E-state index in [2.05, 4.69) is 33.5 Å². The molecule has 1 aliphatic carbocycles. The van der Waals surface area contributed by atoms with E-state index in [0.717, 1.165) is 69.9 Å². The Kier molecular flexibility index (Phi) is 8.07. The van der Waals surface area contributed by atoms with Crippen LogP contribution in [-0.2, 0) is 6.61 Å². The van der Waals surface area contributed by atoms with E-state index in [1.807, 2.05) is 49.4 Å². The first-order valence-corrected chi connectivity index (χ1v) is 15.1. The second kappa shape index (κ2) is 12.1. The molecule has 2 heterocycles. The third-order valence-corrected chi connectivity index (χ3v) is 8.49. The van der Waals surface area contributed by atoms with Crippen molar-refractivity contribution >= 4 is 33.0 Å². The van der Waals surface area contributed by atoms with Crippen LogP contribution in [0.4, 0.5) is 4.39 Å². The SMILES string of the molecule is Cc1cc(C=Nn2c(C3CCCCC3)nc3ccc(Br)cc3c2=O)c(C)n1-c1ccc(OCc2ccc(F)cc2)cc1. The number of fused-ring (bicyclic) bond motifs is 1. The third-order valence-electron chi connectivity index (χ3n) is 8.00. The molecule has 3 aromatic carbocycles. The molecular weight excluding hydrogens is 595 g/mol. The Morgan fingerprint density at radius 2 is 1.74 bits per heavy atom. The third kappa shape index (κ3) is 5.81. The number of hydrogen-bond acceptors (Lipinski definition) is 4. The van der Waals surface area contributed by atoms with Crippen molar-refractivity contribution in [3.05, 3.63) is 122 Å². The molecule has 0 radical (unpaired) electrons. The molecular formula is C34H32BrFN4O2. The monoisotopic (exact) mass is 626 g/mol. The smallest absolute Gasteiger partial charge is 0.282 e. The summed E-state index contributed by atoms with van der Waals surface area (Å²) in [7, 11) is 0. The van der Waals surface area contributed by atoms with Gasteiger partial charge in [-0.3, -0.25) is 4.79 Å². The Morgan fingerprint density at radius 3 is 2.48 bits per heavy atom. The van der Waals surface area contributed by atoms with Crippen molar-refractivity contribution in [2.24, 2.45) is 5.10 Å². The van der Waals surface area contributed by atoms with Crippen LogP contribution in [0.3, 0.4) is 0 Å². The zero-order valence-corrected chi connectivity index (χ0v) is 25.3. The molecule has 8 heteroatoms. The molecule has 1 aliphatic rings. The summed E-state index contributed by atoms with van der Waals surface area (Å²) in [5.74, 6) is 1.44. The molecule has 214 valence electrons. The lowest BCUT2D eigenvalue weighted by atomic mass is 9.88. The summed E-state index contributed by atoms with van der Waals surface area (Å²) in [6, 6.07) is 21.9. The zero-order chi connectivity index (χ0) is 29.2. The van der Waals surface area contributed by atoms with Crippen molar-refractivity contribution in [1.82, 2.24) is 14.2 Å². The number of hydrogen-bond donors (Lipinski definition) is 0. The van der Waals surface area contributed by atoms with Crippen LogP contribution in [0.1, 0.15) is 66.4 Å². The van der Waals surface area contributed by atoms with Gasteiger partial charge in [-0.2, -0.15) is 9.78 Å². The van der Waals surface area contributed by atoms with E-state index in [1.54, 1.807) is 18.3 Å². The molecule has 0 amide bonds. The molecule has 0 aliphatic heterocycles. The Labute approximate surface area is 252 Å². The maximum atomic E-state index is 13.7. The lowest BCUT2D eigenvalue weighted by Crippen LogP contribution is -2.25. The second-order valence-corrected chi connectivity index (χ2v) is 11.8. The van der Waals surface area contributed by atoms with Crippen molar-refractivity contribution in [1.29, 1.82) is 0 Å². The van der Waals surface area contributed by atoms with Crippen molar-refractivity contribution < 1.29 is 9.13 Å². The van der Waals surface area contributed by atoms with Gasteiger partial charge in [0, 0.05) is 33.0 Å². The van der Waals surface area contributed by atoms with E-state index in [4.69, 9.17) is 14.8 Å². The molecule has 2 aromatic heterocycles. The van der Waals surface area contributed by atoms with E-state index in [0.29, 0.717) is 17.5 Å². The van der Waals surface area contributed by atoms with E-state index < -0.39 is 0 Å². The van der Waals surface area contributed by atoms with Gasteiger partial charge in [-0.1, -0.05) is 47.3 Å².